The molecule has 1 amide bonds. The highest BCUT2D eigenvalue weighted by Gasteiger charge is 2.15. The summed E-state index contributed by atoms with van der Waals surface area (Å²) >= 11 is 17.5. The van der Waals surface area contributed by atoms with Crippen LogP contribution >= 0.6 is 34.8 Å². The van der Waals surface area contributed by atoms with Gasteiger partial charge in [-0.3, -0.25) is 20.6 Å². The van der Waals surface area contributed by atoms with E-state index in [9.17, 15) is 4.79 Å². The zero-order valence-electron chi connectivity index (χ0n) is 14.8. The number of aliphatic imine (C=N–C) groups is 2. The number of benzene rings is 1. The number of amides is 1. The highest BCUT2D eigenvalue weighted by atomic mass is 35.5. The number of aromatic nitrogens is 2. The number of nitrogens with zero attached hydrogens (tertiary/aromatic N) is 4. The number of hydrogen-bond donors (Lipinski definition) is 6. The van der Waals surface area contributed by atoms with Crippen LogP contribution in [0.4, 0.5) is 11.6 Å². The summed E-state index contributed by atoms with van der Waals surface area (Å²) < 4.78 is 0. The second-order valence-corrected chi connectivity index (χ2v) is 6.62. The number of halogens is 3. The molecule has 2 aromatic rings. The number of nitrogen functional groups attached to an aromatic ring is 2. The Bertz CT molecular complexity index is 979. The van der Waals surface area contributed by atoms with Crippen molar-refractivity contribution in [3.05, 3.63) is 44.7 Å². The van der Waals surface area contributed by atoms with E-state index in [1.54, 1.807) is 12.1 Å². The zero-order chi connectivity index (χ0) is 21.6. The molecule has 29 heavy (non-hydrogen) atoms. The minimum absolute atomic E-state index is 0.0976. The Hall–Kier alpha value is -3.02. The number of carbonyl (C=O) groups excluding carboxylic acids is 1. The van der Waals surface area contributed by atoms with Crippen LogP contribution < -0.4 is 33.8 Å². The normalized spacial score (nSPS) is 12.0. The van der Waals surface area contributed by atoms with E-state index in [1.807, 2.05) is 6.07 Å². The van der Waals surface area contributed by atoms with Gasteiger partial charge < -0.3 is 22.9 Å². The molecule has 14 heteroatoms. The summed E-state index contributed by atoms with van der Waals surface area (Å²) in [7, 11) is 0. The molecule has 0 aliphatic rings. The standard InChI is InChI=1S/C15H17Cl3N10O/c16-7-2-1-6(5-8(7)17)3-4-23-14(21)26-15(22)28-27-13(29)9-11(19)25-12(20)10(18)24-9/h1-2,5H,3-4H2,(H,27,29)(H4,19,20,25)(H5,21,22,23,26,28). The minimum Gasteiger partial charge on any atom is -0.382 e. The van der Waals surface area contributed by atoms with E-state index in [1.165, 1.54) is 0 Å². The number of anilines is 2. The molecule has 0 fully saturated rings. The molecule has 0 aliphatic heterocycles. The molecule has 1 heterocycles. The van der Waals surface area contributed by atoms with Gasteiger partial charge in [-0.05, 0) is 24.1 Å². The molecule has 2 rings (SSSR count). The topological polar surface area (TPSA) is 196 Å². The first-order valence-corrected chi connectivity index (χ1v) is 9.03. The highest BCUT2D eigenvalue weighted by Crippen LogP contribution is 2.22. The molecule has 0 saturated heterocycles. The minimum atomic E-state index is -0.759. The van der Waals surface area contributed by atoms with E-state index in [4.69, 9.17) is 57.7 Å². The van der Waals surface area contributed by atoms with Crippen molar-refractivity contribution in [2.45, 2.75) is 6.42 Å². The van der Waals surface area contributed by atoms with Gasteiger partial charge in [0.15, 0.2) is 22.5 Å². The van der Waals surface area contributed by atoms with Gasteiger partial charge in [0, 0.05) is 6.54 Å². The summed E-state index contributed by atoms with van der Waals surface area (Å²) in [5, 5.41) is 0.762. The van der Waals surface area contributed by atoms with Gasteiger partial charge in [0.2, 0.25) is 11.9 Å². The van der Waals surface area contributed by atoms with Gasteiger partial charge in [0.05, 0.1) is 10.0 Å². The van der Waals surface area contributed by atoms with Crippen LogP contribution in [0, 0.1) is 0 Å². The largest absolute Gasteiger partial charge is 0.382 e. The predicted octanol–water partition coefficient (Wildman–Crippen LogP) is 0.708. The molecule has 0 atom stereocenters. The smallest absolute Gasteiger partial charge is 0.292 e. The molecular weight excluding hydrogens is 443 g/mol. The average Bonchev–Trinajstić information content (AvgIpc) is 2.65. The van der Waals surface area contributed by atoms with Crippen molar-refractivity contribution >= 4 is 64.3 Å². The van der Waals surface area contributed by atoms with Crippen molar-refractivity contribution in [1.82, 2.24) is 20.8 Å². The Morgan fingerprint density at radius 3 is 2.45 bits per heavy atom. The van der Waals surface area contributed by atoms with Gasteiger partial charge in [-0.15, -0.1) is 0 Å². The molecule has 0 spiro atoms. The molecule has 1 aromatic heterocycles. The number of nitrogens with one attached hydrogen (secondary N) is 2. The lowest BCUT2D eigenvalue weighted by Gasteiger charge is -2.09. The van der Waals surface area contributed by atoms with Gasteiger partial charge in [0.1, 0.15) is 0 Å². The van der Waals surface area contributed by atoms with E-state index in [2.05, 4.69) is 30.8 Å². The van der Waals surface area contributed by atoms with Crippen LogP contribution in [0.5, 0.6) is 0 Å². The number of hydrazine groups is 1. The lowest BCUT2D eigenvalue weighted by Crippen LogP contribution is -2.46. The molecule has 1 aromatic carbocycles. The number of nitrogens with two attached hydrogens (primary N) is 4. The van der Waals surface area contributed by atoms with Crippen molar-refractivity contribution in [2.75, 3.05) is 18.0 Å². The fraction of sp³-hybridized carbons (Fsp3) is 0.133. The first kappa shape index (κ1) is 22.3. The Kier molecular flexibility index (Phi) is 7.65. The van der Waals surface area contributed by atoms with E-state index >= 15 is 0 Å². The van der Waals surface area contributed by atoms with Gasteiger partial charge >= 0.3 is 0 Å². The van der Waals surface area contributed by atoms with Gasteiger partial charge in [-0.2, -0.15) is 4.99 Å². The third-order valence-electron chi connectivity index (χ3n) is 3.32. The highest BCUT2D eigenvalue weighted by molar-refractivity contribution is 6.42. The molecule has 0 unspecified atom stereocenters. The Morgan fingerprint density at radius 2 is 1.76 bits per heavy atom. The maximum Gasteiger partial charge on any atom is 0.292 e. The van der Waals surface area contributed by atoms with Gasteiger partial charge in [-0.1, -0.05) is 40.9 Å². The molecule has 10 N–H and O–H groups in total. The maximum absolute atomic E-state index is 12.1. The lowest BCUT2D eigenvalue weighted by molar-refractivity contribution is 0.0939. The van der Waals surface area contributed by atoms with Crippen LogP contribution in [0.25, 0.3) is 0 Å². The molecule has 11 nitrogen and oxygen atoms in total. The molecule has 0 saturated carbocycles. The summed E-state index contributed by atoms with van der Waals surface area (Å²) in [4.78, 5) is 27.3. The van der Waals surface area contributed by atoms with Crippen LogP contribution in [-0.2, 0) is 6.42 Å². The Balaban J connectivity index is 1.89. The quantitative estimate of drug-likeness (QED) is 0.218. The van der Waals surface area contributed by atoms with Crippen LogP contribution in [-0.4, -0.2) is 34.3 Å². The maximum atomic E-state index is 12.1. The number of rotatable bonds is 4. The van der Waals surface area contributed by atoms with Gasteiger partial charge in [-0.25, -0.2) is 9.97 Å². The summed E-state index contributed by atoms with van der Waals surface area (Å²) in [6.45, 7) is 0.336. The number of guanidine groups is 2. The first-order chi connectivity index (χ1) is 13.7. The van der Waals surface area contributed by atoms with Crippen LogP contribution in [0.1, 0.15) is 16.1 Å². The van der Waals surface area contributed by atoms with E-state index in [0.717, 1.165) is 5.56 Å². The fourth-order valence-corrected chi connectivity index (χ4v) is 2.42. The summed E-state index contributed by atoms with van der Waals surface area (Å²) in [5.74, 6) is -1.38. The third-order valence-corrected chi connectivity index (χ3v) is 4.33. The zero-order valence-corrected chi connectivity index (χ0v) is 17.1. The van der Waals surface area contributed by atoms with Crippen LogP contribution in [0.3, 0.4) is 0 Å². The lowest BCUT2D eigenvalue weighted by atomic mass is 10.1. The fourth-order valence-electron chi connectivity index (χ4n) is 1.97. The summed E-state index contributed by atoms with van der Waals surface area (Å²) in [5.41, 5.74) is 27.6. The predicted molar refractivity (Wildman–Crippen MR) is 115 cm³/mol. The molecule has 0 radical (unpaired) electrons. The van der Waals surface area contributed by atoms with E-state index < -0.39 is 5.91 Å². The second-order valence-electron chi connectivity index (χ2n) is 5.45. The average molecular weight is 460 g/mol. The molecule has 154 valence electrons. The number of hydrogen-bond acceptors (Lipinski definition) is 6. The monoisotopic (exact) mass is 458 g/mol. The molecule has 0 bridgehead atoms. The van der Waals surface area contributed by atoms with Crippen molar-refractivity contribution < 1.29 is 4.79 Å². The van der Waals surface area contributed by atoms with Crippen molar-refractivity contribution in [3.63, 3.8) is 0 Å². The number of carbonyl (C=O) groups is 1. The van der Waals surface area contributed by atoms with Crippen LogP contribution in [0.2, 0.25) is 15.2 Å². The molecular formula is C15H17Cl3N10O. The second kappa shape index (κ2) is 9.96. The Labute approximate surface area is 180 Å². The van der Waals surface area contributed by atoms with E-state index in [-0.39, 0.29) is 34.4 Å². The first-order valence-electron chi connectivity index (χ1n) is 7.90. The van der Waals surface area contributed by atoms with Crippen LogP contribution in [0.15, 0.2) is 28.2 Å². The SMILES string of the molecule is NC(=NCCc1ccc(Cl)c(Cl)c1)N=C(N)NNC(=O)c1nc(Cl)c(N)nc1N. The Morgan fingerprint density at radius 1 is 1.03 bits per heavy atom. The van der Waals surface area contributed by atoms with Crippen molar-refractivity contribution in [3.8, 4) is 0 Å². The van der Waals surface area contributed by atoms with Crippen molar-refractivity contribution in [2.24, 2.45) is 21.5 Å². The van der Waals surface area contributed by atoms with Crippen molar-refractivity contribution in [1.29, 1.82) is 0 Å². The van der Waals surface area contributed by atoms with Gasteiger partial charge in [0.25, 0.3) is 5.91 Å². The third kappa shape index (κ3) is 6.52. The summed E-state index contributed by atoms with van der Waals surface area (Å²) in [6.07, 6.45) is 0.563. The summed E-state index contributed by atoms with van der Waals surface area (Å²) in [6, 6.07) is 5.26. The van der Waals surface area contributed by atoms with E-state index in [0.29, 0.717) is 23.0 Å². The molecule has 0 aliphatic carbocycles.